The Morgan fingerprint density at radius 3 is 2.74 bits per heavy atom. The van der Waals surface area contributed by atoms with Crippen molar-refractivity contribution < 1.29 is 9.21 Å². The number of guanidine groups is 1. The first kappa shape index (κ1) is 25.2. The Labute approximate surface area is 202 Å². The molecule has 0 aliphatic carbocycles. The van der Waals surface area contributed by atoms with E-state index < -0.39 is 0 Å². The third kappa shape index (κ3) is 7.22. The van der Waals surface area contributed by atoms with Crippen molar-refractivity contribution in [3.05, 3.63) is 41.8 Å². The molecule has 3 rings (SSSR count). The van der Waals surface area contributed by atoms with Crippen molar-refractivity contribution in [3.8, 4) is 11.5 Å². The van der Waals surface area contributed by atoms with Crippen molar-refractivity contribution >= 4 is 35.8 Å². The van der Waals surface area contributed by atoms with Gasteiger partial charge in [0.15, 0.2) is 5.96 Å². The van der Waals surface area contributed by atoms with E-state index in [1.165, 1.54) is 5.56 Å². The number of hydrogen-bond acceptors (Lipinski definition) is 4. The summed E-state index contributed by atoms with van der Waals surface area (Å²) >= 11 is 0. The van der Waals surface area contributed by atoms with Crippen molar-refractivity contribution in [2.75, 3.05) is 26.2 Å². The number of aryl methyl sites for hydroxylation is 1. The predicted octanol–water partition coefficient (Wildman–Crippen LogP) is 3.62. The average molecular weight is 539 g/mol. The average Bonchev–Trinajstić information content (AvgIpc) is 3.38. The lowest BCUT2D eigenvalue weighted by Crippen LogP contribution is -2.45. The maximum Gasteiger partial charge on any atom is 0.226 e. The third-order valence-corrected chi connectivity index (χ3v) is 5.17. The van der Waals surface area contributed by atoms with Crippen LogP contribution in [0.3, 0.4) is 0 Å². The van der Waals surface area contributed by atoms with Crippen LogP contribution >= 0.6 is 24.0 Å². The number of amides is 1. The van der Waals surface area contributed by atoms with Crippen molar-refractivity contribution in [1.29, 1.82) is 0 Å². The number of aromatic nitrogens is 1. The lowest BCUT2D eigenvalue weighted by molar-refractivity contribution is -0.133. The first-order valence-electron chi connectivity index (χ1n) is 10.8. The van der Waals surface area contributed by atoms with Crippen LogP contribution in [0.15, 0.2) is 39.9 Å². The maximum atomic E-state index is 12.2. The molecule has 1 aromatic heterocycles. The maximum absolute atomic E-state index is 12.2. The highest BCUT2D eigenvalue weighted by molar-refractivity contribution is 14.0. The normalized spacial score (nSPS) is 16.4. The molecule has 0 radical (unpaired) electrons. The molecule has 1 saturated heterocycles. The monoisotopic (exact) mass is 539 g/mol. The number of rotatable bonds is 7. The molecular weight excluding hydrogens is 505 g/mol. The number of carbonyl (C=O) groups is 1. The number of nitrogens with zero attached hydrogens (tertiary/aromatic N) is 3. The Hall–Kier alpha value is -2.10. The molecule has 1 aromatic carbocycles. The minimum Gasteiger partial charge on any atom is -0.444 e. The van der Waals surface area contributed by atoms with Gasteiger partial charge >= 0.3 is 0 Å². The lowest BCUT2D eigenvalue weighted by atomic mass is 10.1. The van der Waals surface area contributed by atoms with E-state index in [1.807, 2.05) is 37.8 Å². The molecule has 2 aromatic rings. The van der Waals surface area contributed by atoms with E-state index in [-0.39, 0.29) is 41.8 Å². The van der Waals surface area contributed by atoms with Gasteiger partial charge in [0.05, 0.1) is 5.69 Å². The van der Waals surface area contributed by atoms with Gasteiger partial charge in [-0.25, -0.2) is 4.98 Å². The van der Waals surface area contributed by atoms with E-state index in [4.69, 9.17) is 4.42 Å². The Bertz CT molecular complexity index is 863. The fraction of sp³-hybridized carbons (Fsp3) is 0.522. The molecule has 170 valence electrons. The summed E-state index contributed by atoms with van der Waals surface area (Å²) in [6.07, 6.45) is 3.35. The lowest BCUT2D eigenvalue weighted by Gasteiger charge is -2.20. The molecule has 1 fully saturated rings. The van der Waals surface area contributed by atoms with Gasteiger partial charge in [0.2, 0.25) is 11.8 Å². The number of hydrogen-bond donors (Lipinski definition) is 2. The van der Waals surface area contributed by atoms with Gasteiger partial charge < -0.3 is 20.0 Å². The second-order valence-electron chi connectivity index (χ2n) is 8.09. The van der Waals surface area contributed by atoms with E-state index in [1.54, 1.807) is 6.26 Å². The number of halogens is 1. The Morgan fingerprint density at radius 1 is 1.32 bits per heavy atom. The highest BCUT2D eigenvalue weighted by atomic mass is 127. The van der Waals surface area contributed by atoms with Gasteiger partial charge in [-0.1, -0.05) is 31.5 Å². The fourth-order valence-electron chi connectivity index (χ4n) is 3.49. The van der Waals surface area contributed by atoms with Gasteiger partial charge in [-0.05, 0) is 32.4 Å². The van der Waals surface area contributed by atoms with Crippen LogP contribution < -0.4 is 10.6 Å². The number of likely N-dealkylation sites (tertiary alicyclic amines) is 1. The number of carbonyl (C=O) groups excluding carboxylic acids is 1. The second kappa shape index (κ2) is 12.1. The molecule has 2 heterocycles. The Balaban J connectivity index is 0.00000341. The minimum absolute atomic E-state index is 0. The highest BCUT2D eigenvalue weighted by Crippen LogP contribution is 2.19. The van der Waals surface area contributed by atoms with Gasteiger partial charge in [0, 0.05) is 50.1 Å². The Kier molecular flexibility index (Phi) is 9.80. The second-order valence-corrected chi connectivity index (χ2v) is 8.09. The molecule has 1 unspecified atom stereocenters. The van der Waals surface area contributed by atoms with Crippen LogP contribution in [0, 0.1) is 12.8 Å². The SMILES string of the molecule is CCNC(=NCCc1coc(-c2ccc(C)cc2)n1)NC1CCN(C(=O)C(C)C)C1.I. The fourth-order valence-corrected chi connectivity index (χ4v) is 3.49. The van der Waals surface area contributed by atoms with Gasteiger partial charge in [-0.2, -0.15) is 0 Å². The summed E-state index contributed by atoms with van der Waals surface area (Å²) in [7, 11) is 0. The van der Waals surface area contributed by atoms with Crippen molar-refractivity contribution in [2.45, 2.75) is 46.6 Å². The van der Waals surface area contributed by atoms with Crippen LogP contribution in [0.25, 0.3) is 11.5 Å². The molecule has 0 bridgehead atoms. The highest BCUT2D eigenvalue weighted by Gasteiger charge is 2.27. The van der Waals surface area contributed by atoms with Crippen molar-refractivity contribution in [1.82, 2.24) is 20.5 Å². The quantitative estimate of drug-likeness (QED) is 0.319. The van der Waals surface area contributed by atoms with Crippen LogP contribution in [0.2, 0.25) is 0 Å². The van der Waals surface area contributed by atoms with Gasteiger partial charge in [0.1, 0.15) is 6.26 Å². The van der Waals surface area contributed by atoms with Crippen LogP contribution in [0.5, 0.6) is 0 Å². The van der Waals surface area contributed by atoms with E-state index in [0.717, 1.165) is 43.3 Å². The molecule has 1 aliphatic rings. The molecule has 0 spiro atoms. The largest absolute Gasteiger partial charge is 0.444 e. The summed E-state index contributed by atoms with van der Waals surface area (Å²) in [5.74, 6) is 1.68. The zero-order valence-corrected chi connectivity index (χ0v) is 21.2. The molecule has 1 atom stereocenters. The topological polar surface area (TPSA) is 82.8 Å². The Morgan fingerprint density at radius 2 is 2.06 bits per heavy atom. The number of benzene rings is 1. The van der Waals surface area contributed by atoms with E-state index in [0.29, 0.717) is 18.9 Å². The summed E-state index contributed by atoms with van der Waals surface area (Å²) in [6.45, 7) is 10.9. The molecule has 0 saturated carbocycles. The molecule has 1 aliphatic heterocycles. The summed E-state index contributed by atoms with van der Waals surface area (Å²) in [5, 5.41) is 6.75. The molecule has 1 amide bonds. The zero-order valence-electron chi connectivity index (χ0n) is 18.9. The van der Waals surface area contributed by atoms with Gasteiger partial charge in [-0.3, -0.25) is 9.79 Å². The summed E-state index contributed by atoms with van der Waals surface area (Å²) in [6, 6.07) is 8.37. The van der Waals surface area contributed by atoms with Crippen molar-refractivity contribution in [3.63, 3.8) is 0 Å². The first-order valence-corrected chi connectivity index (χ1v) is 10.8. The molecule has 7 nitrogen and oxygen atoms in total. The summed E-state index contributed by atoms with van der Waals surface area (Å²) in [5.41, 5.74) is 3.08. The molecule has 8 heteroatoms. The number of oxazole rings is 1. The van der Waals surface area contributed by atoms with Gasteiger partial charge in [0.25, 0.3) is 0 Å². The predicted molar refractivity (Wildman–Crippen MR) is 135 cm³/mol. The van der Waals surface area contributed by atoms with Crippen LogP contribution in [-0.4, -0.2) is 54.0 Å². The standard InChI is InChI=1S/C23H33N5O2.HI/c1-5-24-23(27-19-11-13-28(14-19)22(29)16(2)3)25-12-10-20-15-30-21(26-20)18-8-6-17(4)7-9-18;/h6-9,15-16,19H,5,10-14H2,1-4H3,(H2,24,25,27);1H. The minimum atomic E-state index is 0. The number of nitrogens with one attached hydrogen (secondary N) is 2. The van der Waals surface area contributed by atoms with E-state index >= 15 is 0 Å². The van der Waals surface area contributed by atoms with Crippen LogP contribution in [-0.2, 0) is 11.2 Å². The van der Waals surface area contributed by atoms with Crippen LogP contribution in [0.1, 0.15) is 38.4 Å². The number of aliphatic imine (C=N–C) groups is 1. The zero-order chi connectivity index (χ0) is 21.5. The van der Waals surface area contributed by atoms with Crippen LogP contribution in [0.4, 0.5) is 0 Å². The van der Waals surface area contributed by atoms with Crippen molar-refractivity contribution in [2.24, 2.45) is 10.9 Å². The van der Waals surface area contributed by atoms with Gasteiger partial charge in [-0.15, -0.1) is 24.0 Å². The summed E-state index contributed by atoms with van der Waals surface area (Å²) in [4.78, 5) is 23.4. The molecule has 2 N–H and O–H groups in total. The first-order chi connectivity index (χ1) is 14.5. The molecular formula is C23H34IN5O2. The van der Waals surface area contributed by atoms with E-state index in [2.05, 4.69) is 39.7 Å². The van der Waals surface area contributed by atoms with E-state index in [9.17, 15) is 4.79 Å². The molecule has 31 heavy (non-hydrogen) atoms. The smallest absolute Gasteiger partial charge is 0.226 e. The summed E-state index contributed by atoms with van der Waals surface area (Å²) < 4.78 is 5.63. The third-order valence-electron chi connectivity index (χ3n) is 5.17.